The highest BCUT2D eigenvalue weighted by Gasteiger charge is 2.17. The molecule has 28 heavy (non-hydrogen) atoms. The van der Waals surface area contributed by atoms with E-state index in [2.05, 4.69) is 10.3 Å². The molecule has 0 aliphatic heterocycles. The fraction of sp³-hybridized carbons (Fsp3) is 0.238. The predicted molar refractivity (Wildman–Crippen MR) is 102 cm³/mol. The van der Waals surface area contributed by atoms with Crippen molar-refractivity contribution in [2.45, 2.75) is 19.4 Å². The Labute approximate surface area is 162 Å². The van der Waals surface area contributed by atoms with E-state index >= 15 is 0 Å². The van der Waals surface area contributed by atoms with Gasteiger partial charge in [-0.1, -0.05) is 25.1 Å². The summed E-state index contributed by atoms with van der Waals surface area (Å²) in [7, 11) is 1.59. The summed E-state index contributed by atoms with van der Waals surface area (Å²) in [5, 5.41) is 2.93. The summed E-state index contributed by atoms with van der Waals surface area (Å²) in [5.41, 5.74) is 2.43. The zero-order valence-corrected chi connectivity index (χ0v) is 15.7. The van der Waals surface area contributed by atoms with Crippen molar-refractivity contribution >= 4 is 5.91 Å². The van der Waals surface area contributed by atoms with Crippen molar-refractivity contribution in [3.05, 3.63) is 72.3 Å². The third kappa shape index (κ3) is 4.26. The number of aromatic nitrogens is 2. The van der Waals surface area contributed by atoms with E-state index in [-0.39, 0.29) is 11.9 Å². The molecule has 1 atom stereocenters. The Balaban J connectivity index is 1.82. The normalized spacial score (nSPS) is 12.0. The van der Waals surface area contributed by atoms with Gasteiger partial charge in [0.1, 0.15) is 5.69 Å². The van der Waals surface area contributed by atoms with Crippen molar-refractivity contribution in [2.24, 2.45) is 0 Å². The van der Waals surface area contributed by atoms with Crippen LogP contribution in [0.25, 0.3) is 16.8 Å². The van der Waals surface area contributed by atoms with Crippen molar-refractivity contribution < 1.29 is 18.3 Å². The van der Waals surface area contributed by atoms with Gasteiger partial charge >= 0.3 is 0 Å². The molecule has 1 aromatic heterocycles. The van der Waals surface area contributed by atoms with Crippen LogP contribution in [0.15, 0.2) is 55.0 Å². The third-order valence-electron chi connectivity index (χ3n) is 4.47. The summed E-state index contributed by atoms with van der Waals surface area (Å²) in [6.45, 7) is 2.40. The first-order valence-electron chi connectivity index (χ1n) is 8.91. The van der Waals surface area contributed by atoms with Crippen molar-refractivity contribution in [1.29, 1.82) is 0 Å². The highest BCUT2D eigenvalue weighted by atomic mass is 19.2. The van der Waals surface area contributed by atoms with Crippen LogP contribution < -0.4 is 5.32 Å². The first kappa shape index (κ1) is 19.7. The van der Waals surface area contributed by atoms with Crippen LogP contribution in [0.5, 0.6) is 0 Å². The molecular formula is C21H21F2N3O2. The van der Waals surface area contributed by atoms with Crippen molar-refractivity contribution in [2.75, 3.05) is 13.7 Å². The van der Waals surface area contributed by atoms with Crippen LogP contribution in [-0.4, -0.2) is 35.2 Å². The lowest BCUT2D eigenvalue weighted by molar-refractivity contribution is 0.0888. The number of nitrogens with one attached hydrogen (secondary N) is 1. The van der Waals surface area contributed by atoms with Gasteiger partial charge in [0.25, 0.3) is 5.91 Å². The number of hydrogen-bond acceptors (Lipinski definition) is 3. The average Bonchev–Trinajstić information content (AvgIpc) is 3.20. The molecule has 1 N–H and O–H groups in total. The number of methoxy groups -OCH3 is 1. The van der Waals surface area contributed by atoms with Gasteiger partial charge in [0.15, 0.2) is 11.6 Å². The molecule has 0 bridgehead atoms. The Bertz CT molecular complexity index is 955. The van der Waals surface area contributed by atoms with Crippen LogP contribution in [0.3, 0.4) is 0 Å². The maximum Gasteiger partial charge on any atom is 0.270 e. The van der Waals surface area contributed by atoms with Gasteiger partial charge in [0.05, 0.1) is 25.2 Å². The summed E-state index contributed by atoms with van der Waals surface area (Å²) < 4.78 is 33.4. The topological polar surface area (TPSA) is 56.1 Å². The van der Waals surface area contributed by atoms with Gasteiger partial charge in [0, 0.05) is 12.8 Å². The molecule has 1 unspecified atom stereocenters. The first-order chi connectivity index (χ1) is 13.5. The largest absolute Gasteiger partial charge is 0.383 e. The summed E-state index contributed by atoms with van der Waals surface area (Å²) in [4.78, 5) is 16.7. The molecule has 0 saturated carbocycles. The lowest BCUT2D eigenvalue weighted by Gasteiger charge is -2.16. The lowest BCUT2D eigenvalue weighted by Crippen LogP contribution is -2.38. The predicted octanol–water partition coefficient (Wildman–Crippen LogP) is 3.97. The van der Waals surface area contributed by atoms with Gasteiger partial charge in [-0.05, 0) is 41.8 Å². The van der Waals surface area contributed by atoms with E-state index in [4.69, 9.17) is 4.74 Å². The maximum atomic E-state index is 13.5. The molecular weight excluding hydrogens is 364 g/mol. The van der Waals surface area contributed by atoms with E-state index < -0.39 is 11.6 Å². The second kappa shape index (κ2) is 8.75. The second-order valence-electron chi connectivity index (χ2n) is 6.36. The molecule has 1 heterocycles. The van der Waals surface area contributed by atoms with Gasteiger partial charge in [-0.25, -0.2) is 13.8 Å². The van der Waals surface area contributed by atoms with Crippen molar-refractivity contribution in [3.63, 3.8) is 0 Å². The Morgan fingerprint density at radius 1 is 1.14 bits per heavy atom. The zero-order chi connectivity index (χ0) is 20.1. The molecule has 3 rings (SSSR count). The Morgan fingerprint density at radius 3 is 2.50 bits per heavy atom. The number of carbonyl (C=O) groups excluding carboxylic acids is 1. The molecule has 0 radical (unpaired) electrons. The molecule has 0 spiro atoms. The Morgan fingerprint density at radius 2 is 1.86 bits per heavy atom. The van der Waals surface area contributed by atoms with E-state index in [1.165, 1.54) is 12.3 Å². The van der Waals surface area contributed by atoms with E-state index in [0.29, 0.717) is 17.9 Å². The maximum absolute atomic E-state index is 13.5. The smallest absolute Gasteiger partial charge is 0.270 e. The van der Waals surface area contributed by atoms with Crippen LogP contribution in [0, 0.1) is 11.6 Å². The van der Waals surface area contributed by atoms with Gasteiger partial charge in [-0.3, -0.25) is 9.36 Å². The molecule has 0 aliphatic rings. The van der Waals surface area contributed by atoms with Crippen LogP contribution in [-0.2, 0) is 4.74 Å². The first-order valence-corrected chi connectivity index (χ1v) is 8.91. The van der Waals surface area contributed by atoms with E-state index in [9.17, 15) is 13.6 Å². The summed E-state index contributed by atoms with van der Waals surface area (Å²) in [6, 6.07) is 10.8. The van der Waals surface area contributed by atoms with Gasteiger partial charge in [-0.2, -0.15) is 0 Å². The summed E-state index contributed by atoms with van der Waals surface area (Å²) >= 11 is 0. The lowest BCUT2D eigenvalue weighted by atomic mass is 10.1. The SMILES string of the molecule is CCC(COC)NC(=O)c1cncn1-c1ccc(-c2ccc(F)c(F)c2)cc1. The van der Waals surface area contributed by atoms with E-state index in [1.807, 2.05) is 6.92 Å². The monoisotopic (exact) mass is 385 g/mol. The molecule has 0 saturated heterocycles. The number of benzene rings is 2. The molecule has 2 aromatic carbocycles. The summed E-state index contributed by atoms with van der Waals surface area (Å²) in [5.74, 6) is -2.02. The van der Waals surface area contributed by atoms with Crippen molar-refractivity contribution in [3.8, 4) is 16.8 Å². The number of nitrogens with zero attached hydrogens (tertiary/aromatic N) is 2. The number of ether oxygens (including phenoxy) is 1. The molecule has 5 nitrogen and oxygen atoms in total. The molecule has 0 fully saturated rings. The molecule has 0 aliphatic carbocycles. The van der Waals surface area contributed by atoms with Gasteiger partial charge in [-0.15, -0.1) is 0 Å². The number of carbonyl (C=O) groups is 1. The zero-order valence-electron chi connectivity index (χ0n) is 15.7. The minimum Gasteiger partial charge on any atom is -0.383 e. The number of amides is 1. The average molecular weight is 385 g/mol. The number of imidazole rings is 1. The van der Waals surface area contributed by atoms with Crippen LogP contribution in [0.2, 0.25) is 0 Å². The molecule has 1 amide bonds. The van der Waals surface area contributed by atoms with Crippen LogP contribution in [0.1, 0.15) is 23.8 Å². The minimum absolute atomic E-state index is 0.0865. The van der Waals surface area contributed by atoms with E-state index in [0.717, 1.165) is 29.8 Å². The quantitative estimate of drug-likeness (QED) is 0.670. The van der Waals surface area contributed by atoms with Crippen LogP contribution in [0.4, 0.5) is 8.78 Å². The Hall–Kier alpha value is -3.06. The number of hydrogen-bond donors (Lipinski definition) is 1. The second-order valence-corrected chi connectivity index (χ2v) is 6.36. The van der Waals surface area contributed by atoms with Gasteiger partial charge < -0.3 is 10.1 Å². The fourth-order valence-corrected chi connectivity index (χ4v) is 2.88. The van der Waals surface area contributed by atoms with E-state index in [1.54, 1.807) is 42.3 Å². The number of halogens is 2. The highest BCUT2D eigenvalue weighted by Crippen LogP contribution is 2.23. The molecule has 146 valence electrons. The van der Waals surface area contributed by atoms with Crippen molar-refractivity contribution in [1.82, 2.24) is 14.9 Å². The van der Waals surface area contributed by atoms with Crippen LogP contribution >= 0.6 is 0 Å². The number of rotatable bonds is 7. The summed E-state index contributed by atoms with van der Waals surface area (Å²) in [6.07, 6.45) is 3.80. The standard InChI is InChI=1S/C21H21F2N3O2/c1-3-16(12-28-2)25-21(27)20-11-24-13-26(20)17-7-4-14(5-8-17)15-6-9-18(22)19(23)10-15/h4-11,13,16H,3,12H2,1-2H3,(H,25,27). The molecule has 3 aromatic rings. The Kier molecular flexibility index (Phi) is 6.16. The highest BCUT2D eigenvalue weighted by molar-refractivity contribution is 5.93. The van der Waals surface area contributed by atoms with Gasteiger partial charge in [0.2, 0.25) is 0 Å². The third-order valence-corrected chi connectivity index (χ3v) is 4.47. The fourth-order valence-electron chi connectivity index (χ4n) is 2.88. The minimum atomic E-state index is -0.892. The molecule has 7 heteroatoms.